The van der Waals surface area contributed by atoms with Gasteiger partial charge < -0.3 is 5.73 Å². The molecule has 0 aliphatic carbocycles. The first-order valence-corrected chi connectivity index (χ1v) is 3.55. The Morgan fingerprint density at radius 1 is 1.62 bits per heavy atom. The monoisotopic (exact) mass is 176 g/mol. The summed E-state index contributed by atoms with van der Waals surface area (Å²) in [6.45, 7) is 0. The van der Waals surface area contributed by atoms with Gasteiger partial charge in [-0.2, -0.15) is 5.26 Å². The third-order valence-electron chi connectivity index (χ3n) is 1.77. The van der Waals surface area contributed by atoms with E-state index in [9.17, 15) is 4.39 Å². The molecule has 2 N–H and O–H groups in total. The van der Waals surface area contributed by atoms with E-state index in [1.54, 1.807) is 6.07 Å². The van der Waals surface area contributed by atoms with Crippen LogP contribution in [0.5, 0.6) is 0 Å². The first-order valence-electron chi connectivity index (χ1n) is 3.55. The first kappa shape index (κ1) is 7.55. The number of imidazole rings is 1. The molecule has 0 radical (unpaired) electrons. The van der Waals surface area contributed by atoms with Crippen LogP contribution in [0.3, 0.4) is 0 Å². The van der Waals surface area contributed by atoms with Crippen LogP contribution < -0.4 is 5.73 Å². The predicted molar refractivity (Wildman–Crippen MR) is 44.3 cm³/mol. The van der Waals surface area contributed by atoms with E-state index < -0.39 is 5.82 Å². The molecule has 0 aromatic carbocycles. The van der Waals surface area contributed by atoms with Gasteiger partial charge in [-0.1, -0.05) is 0 Å². The number of fused-ring (bicyclic) bond motifs is 1. The van der Waals surface area contributed by atoms with Crippen LogP contribution >= 0.6 is 0 Å². The van der Waals surface area contributed by atoms with Gasteiger partial charge >= 0.3 is 0 Å². The summed E-state index contributed by atoms with van der Waals surface area (Å²) in [4.78, 5) is 3.74. The van der Waals surface area contributed by atoms with Crippen molar-refractivity contribution in [1.82, 2.24) is 9.38 Å². The van der Waals surface area contributed by atoms with E-state index in [2.05, 4.69) is 4.98 Å². The van der Waals surface area contributed by atoms with Crippen LogP contribution in [0.1, 0.15) is 5.56 Å². The minimum absolute atomic E-state index is 0.0295. The average Bonchev–Trinajstić information content (AvgIpc) is 2.50. The highest BCUT2D eigenvalue weighted by atomic mass is 19.1. The van der Waals surface area contributed by atoms with Crippen molar-refractivity contribution in [1.29, 1.82) is 5.26 Å². The molecular formula is C8H5FN4. The second-order valence-corrected chi connectivity index (χ2v) is 2.53. The molecule has 2 heterocycles. The first-order chi connectivity index (χ1) is 6.24. The normalized spacial score (nSPS) is 10.2. The molecule has 0 amide bonds. The van der Waals surface area contributed by atoms with Crippen LogP contribution in [0.2, 0.25) is 0 Å². The summed E-state index contributed by atoms with van der Waals surface area (Å²) in [5.74, 6) is -0.292. The lowest BCUT2D eigenvalue weighted by atomic mass is 10.3. The summed E-state index contributed by atoms with van der Waals surface area (Å²) >= 11 is 0. The fraction of sp³-hybridized carbons (Fsp3) is 0. The molecule has 64 valence electrons. The maximum absolute atomic E-state index is 13.3. The minimum atomic E-state index is -0.637. The molecule has 0 bridgehead atoms. The van der Waals surface area contributed by atoms with Crippen LogP contribution in [-0.2, 0) is 0 Å². The van der Waals surface area contributed by atoms with E-state index >= 15 is 0 Å². The second-order valence-electron chi connectivity index (χ2n) is 2.53. The Balaban J connectivity index is 2.90. The number of nitriles is 1. The summed E-state index contributed by atoms with van der Waals surface area (Å²) in [6.07, 6.45) is 2.86. The lowest BCUT2D eigenvalue weighted by Crippen LogP contribution is -1.95. The van der Waals surface area contributed by atoms with Gasteiger partial charge in [0.2, 0.25) is 0 Å². The Hall–Kier alpha value is -2.09. The van der Waals surface area contributed by atoms with E-state index in [1.807, 2.05) is 0 Å². The Kier molecular flexibility index (Phi) is 1.43. The molecule has 4 nitrogen and oxygen atoms in total. The smallest absolute Gasteiger partial charge is 0.184 e. The van der Waals surface area contributed by atoms with Crippen molar-refractivity contribution < 1.29 is 4.39 Å². The van der Waals surface area contributed by atoms with Crippen molar-refractivity contribution in [2.24, 2.45) is 0 Å². The van der Waals surface area contributed by atoms with Crippen LogP contribution in [-0.4, -0.2) is 9.38 Å². The van der Waals surface area contributed by atoms with E-state index in [0.717, 1.165) is 0 Å². The number of hydrogen-bond acceptors (Lipinski definition) is 3. The third kappa shape index (κ3) is 0.924. The minimum Gasteiger partial charge on any atom is -0.383 e. The largest absolute Gasteiger partial charge is 0.383 e. The number of rotatable bonds is 0. The molecule has 0 aliphatic rings. The zero-order chi connectivity index (χ0) is 9.42. The lowest BCUT2D eigenvalue weighted by molar-refractivity contribution is 0.626. The van der Waals surface area contributed by atoms with Gasteiger partial charge in [0, 0.05) is 6.20 Å². The highest BCUT2D eigenvalue weighted by Crippen LogP contribution is 2.15. The summed E-state index contributed by atoms with van der Waals surface area (Å²) in [5.41, 5.74) is 5.54. The number of nitrogen functional groups attached to an aromatic ring is 1. The number of nitrogens with zero attached hydrogens (tertiary/aromatic N) is 3. The van der Waals surface area contributed by atoms with Gasteiger partial charge in [0.25, 0.3) is 0 Å². The maximum atomic E-state index is 13.3. The van der Waals surface area contributed by atoms with Crippen molar-refractivity contribution >= 4 is 11.5 Å². The van der Waals surface area contributed by atoms with Gasteiger partial charge in [0.05, 0.1) is 11.8 Å². The third-order valence-corrected chi connectivity index (χ3v) is 1.77. The molecule has 5 heteroatoms. The standard InChI is InChI=1S/C8H5FN4/c9-7-5(3-10)1-2-13-6(11)4-12-8(7)13/h1-2,4H,11H2. The summed E-state index contributed by atoms with van der Waals surface area (Å²) in [7, 11) is 0. The second kappa shape index (κ2) is 2.45. The number of halogens is 1. The fourth-order valence-corrected chi connectivity index (χ4v) is 1.12. The van der Waals surface area contributed by atoms with E-state index in [1.165, 1.54) is 22.9 Å². The lowest BCUT2D eigenvalue weighted by Gasteiger charge is -1.97. The molecule has 0 saturated carbocycles. The zero-order valence-electron chi connectivity index (χ0n) is 6.53. The number of nitrogens with two attached hydrogens (primary N) is 1. The Bertz CT molecular complexity index is 509. The van der Waals surface area contributed by atoms with Crippen LogP contribution in [0.15, 0.2) is 18.5 Å². The van der Waals surface area contributed by atoms with Gasteiger partial charge in [0.15, 0.2) is 11.5 Å². The van der Waals surface area contributed by atoms with Crippen molar-refractivity contribution in [2.45, 2.75) is 0 Å². The van der Waals surface area contributed by atoms with Gasteiger partial charge in [-0.15, -0.1) is 0 Å². The number of anilines is 1. The summed E-state index contributed by atoms with van der Waals surface area (Å²) < 4.78 is 14.7. The van der Waals surface area contributed by atoms with Crippen LogP contribution in [0.25, 0.3) is 5.65 Å². The van der Waals surface area contributed by atoms with Gasteiger partial charge in [-0.05, 0) is 6.07 Å². The molecule has 13 heavy (non-hydrogen) atoms. The number of aromatic nitrogens is 2. The van der Waals surface area contributed by atoms with Crippen molar-refractivity contribution in [3.05, 3.63) is 29.8 Å². The van der Waals surface area contributed by atoms with Gasteiger partial charge in [0.1, 0.15) is 11.9 Å². The van der Waals surface area contributed by atoms with E-state index in [-0.39, 0.29) is 11.2 Å². The molecule has 2 aromatic heterocycles. The van der Waals surface area contributed by atoms with Crippen molar-refractivity contribution in [2.75, 3.05) is 5.73 Å². The van der Waals surface area contributed by atoms with Crippen LogP contribution in [0.4, 0.5) is 10.2 Å². The zero-order valence-corrected chi connectivity index (χ0v) is 6.53. The molecule has 2 rings (SSSR count). The summed E-state index contributed by atoms with van der Waals surface area (Å²) in [6, 6.07) is 3.09. The van der Waals surface area contributed by atoms with Crippen molar-refractivity contribution in [3.63, 3.8) is 0 Å². The van der Waals surface area contributed by atoms with Crippen LogP contribution in [0, 0.1) is 17.1 Å². The number of hydrogen-bond donors (Lipinski definition) is 1. The molecule has 0 atom stereocenters. The molecule has 0 aliphatic heterocycles. The number of pyridine rings is 1. The Labute approximate surface area is 73.0 Å². The highest BCUT2D eigenvalue weighted by molar-refractivity contribution is 5.53. The average molecular weight is 176 g/mol. The highest BCUT2D eigenvalue weighted by Gasteiger charge is 2.09. The molecule has 0 unspecified atom stereocenters. The van der Waals surface area contributed by atoms with Gasteiger partial charge in [-0.25, -0.2) is 9.37 Å². The Morgan fingerprint density at radius 2 is 2.38 bits per heavy atom. The maximum Gasteiger partial charge on any atom is 0.184 e. The molecule has 0 fully saturated rings. The van der Waals surface area contributed by atoms with Crippen molar-refractivity contribution in [3.8, 4) is 6.07 Å². The SMILES string of the molecule is N#Cc1ccn2c(N)cnc2c1F. The quantitative estimate of drug-likeness (QED) is 0.649. The summed E-state index contributed by atoms with van der Waals surface area (Å²) in [5, 5.41) is 8.53. The van der Waals surface area contributed by atoms with E-state index in [4.69, 9.17) is 11.0 Å². The molecule has 0 spiro atoms. The fourth-order valence-electron chi connectivity index (χ4n) is 1.12. The molecule has 0 saturated heterocycles. The van der Waals surface area contributed by atoms with E-state index in [0.29, 0.717) is 5.82 Å². The topological polar surface area (TPSA) is 67.1 Å². The predicted octanol–water partition coefficient (Wildman–Crippen LogP) is 0.927. The Morgan fingerprint density at radius 3 is 3.08 bits per heavy atom. The molecule has 2 aromatic rings. The van der Waals surface area contributed by atoms with Gasteiger partial charge in [-0.3, -0.25) is 4.40 Å². The molecular weight excluding hydrogens is 171 g/mol.